The number of Topliss-reactive ketones (excluding diaryl/α,β-unsaturated/α-hetero) is 1. The third-order valence-electron chi connectivity index (χ3n) is 3.56. The van der Waals surface area contributed by atoms with E-state index in [1.807, 2.05) is 26.8 Å². The molecule has 0 amide bonds. The number of ether oxygens (including phenoxy) is 2. The van der Waals surface area contributed by atoms with Crippen LogP contribution in [0.15, 0.2) is 24.3 Å². The van der Waals surface area contributed by atoms with Crippen LogP contribution in [0.2, 0.25) is 0 Å². The SMILES string of the molecule is C=C/C(C)=C/CCC(=O)C#CC(OC1CCCCO1)C(C)C. The molecular formula is C19H28O3. The van der Waals surface area contributed by atoms with Crippen LogP contribution in [0.3, 0.4) is 0 Å². The fraction of sp³-hybridized carbons (Fsp3) is 0.632. The van der Waals surface area contributed by atoms with E-state index in [0.29, 0.717) is 12.8 Å². The van der Waals surface area contributed by atoms with Crippen molar-refractivity contribution in [2.75, 3.05) is 6.61 Å². The second kappa shape index (κ2) is 10.4. The largest absolute Gasteiger partial charge is 0.353 e. The second-order valence-corrected chi connectivity index (χ2v) is 5.98. The highest BCUT2D eigenvalue weighted by Crippen LogP contribution is 2.18. The number of allylic oxidation sites excluding steroid dienone is 3. The Kier molecular flexibility index (Phi) is 8.81. The Labute approximate surface area is 134 Å². The summed E-state index contributed by atoms with van der Waals surface area (Å²) in [6, 6.07) is 0. The molecule has 2 unspecified atom stereocenters. The summed E-state index contributed by atoms with van der Waals surface area (Å²) in [7, 11) is 0. The summed E-state index contributed by atoms with van der Waals surface area (Å²) in [4.78, 5) is 11.8. The van der Waals surface area contributed by atoms with Crippen molar-refractivity contribution in [3.8, 4) is 11.8 Å². The lowest BCUT2D eigenvalue weighted by Crippen LogP contribution is -2.30. The summed E-state index contributed by atoms with van der Waals surface area (Å²) in [6.45, 7) is 10.5. The highest BCUT2D eigenvalue weighted by Gasteiger charge is 2.20. The van der Waals surface area contributed by atoms with E-state index in [9.17, 15) is 4.79 Å². The van der Waals surface area contributed by atoms with Gasteiger partial charge in [-0.15, -0.1) is 0 Å². The standard InChI is InChI=1S/C19H28O3/c1-5-16(4)9-8-10-17(20)12-13-18(15(2)3)22-19-11-6-7-14-21-19/h5,9,15,18-19H,1,6-8,10-11,14H2,2-4H3/b16-9+. The predicted molar refractivity (Wildman–Crippen MR) is 89.3 cm³/mol. The molecule has 0 aromatic heterocycles. The van der Waals surface area contributed by atoms with E-state index in [1.165, 1.54) is 0 Å². The van der Waals surface area contributed by atoms with E-state index >= 15 is 0 Å². The molecule has 3 nitrogen and oxygen atoms in total. The number of carbonyl (C=O) groups is 1. The van der Waals surface area contributed by atoms with Crippen LogP contribution < -0.4 is 0 Å². The average Bonchev–Trinajstić information content (AvgIpc) is 2.51. The van der Waals surface area contributed by atoms with Crippen LogP contribution in [-0.2, 0) is 14.3 Å². The maximum absolute atomic E-state index is 11.8. The van der Waals surface area contributed by atoms with E-state index in [1.54, 1.807) is 6.08 Å². The lowest BCUT2D eigenvalue weighted by molar-refractivity contribution is -0.183. The Morgan fingerprint density at radius 1 is 1.45 bits per heavy atom. The number of ketones is 1. The molecule has 122 valence electrons. The van der Waals surface area contributed by atoms with Gasteiger partial charge in [-0.05, 0) is 44.4 Å². The van der Waals surface area contributed by atoms with Gasteiger partial charge in [0.2, 0.25) is 5.78 Å². The number of hydrogen-bond donors (Lipinski definition) is 0. The molecule has 0 spiro atoms. The van der Waals surface area contributed by atoms with Gasteiger partial charge < -0.3 is 9.47 Å². The Bertz CT molecular complexity index is 445. The van der Waals surface area contributed by atoms with Crippen molar-refractivity contribution in [1.82, 2.24) is 0 Å². The van der Waals surface area contributed by atoms with Gasteiger partial charge in [-0.3, -0.25) is 4.79 Å². The molecule has 0 aliphatic carbocycles. The maximum Gasteiger partial charge on any atom is 0.205 e. The Morgan fingerprint density at radius 3 is 2.82 bits per heavy atom. The quantitative estimate of drug-likeness (QED) is 0.404. The first-order valence-corrected chi connectivity index (χ1v) is 8.13. The van der Waals surface area contributed by atoms with Crippen molar-refractivity contribution in [2.24, 2.45) is 5.92 Å². The minimum atomic E-state index is -0.252. The van der Waals surface area contributed by atoms with Crippen molar-refractivity contribution < 1.29 is 14.3 Å². The molecule has 0 radical (unpaired) electrons. The van der Waals surface area contributed by atoms with Gasteiger partial charge in [0.05, 0.1) is 0 Å². The van der Waals surface area contributed by atoms with Crippen molar-refractivity contribution in [2.45, 2.75) is 65.3 Å². The molecular weight excluding hydrogens is 276 g/mol. The van der Waals surface area contributed by atoms with Crippen molar-refractivity contribution in [3.05, 3.63) is 24.3 Å². The minimum absolute atomic E-state index is 0.0491. The van der Waals surface area contributed by atoms with Crippen LogP contribution in [0.5, 0.6) is 0 Å². The molecule has 1 saturated heterocycles. The molecule has 0 saturated carbocycles. The third kappa shape index (κ3) is 7.59. The Hall–Kier alpha value is -1.37. The van der Waals surface area contributed by atoms with Crippen molar-refractivity contribution >= 4 is 5.78 Å². The Morgan fingerprint density at radius 2 is 2.23 bits per heavy atom. The van der Waals surface area contributed by atoms with Gasteiger partial charge in [0.15, 0.2) is 6.29 Å². The normalized spacial score (nSPS) is 20.2. The molecule has 1 fully saturated rings. The summed E-state index contributed by atoms with van der Waals surface area (Å²) in [5.74, 6) is 5.88. The third-order valence-corrected chi connectivity index (χ3v) is 3.56. The zero-order valence-electron chi connectivity index (χ0n) is 14.1. The topological polar surface area (TPSA) is 35.5 Å². The van der Waals surface area contributed by atoms with Crippen LogP contribution in [0, 0.1) is 17.8 Å². The number of hydrogen-bond acceptors (Lipinski definition) is 3. The minimum Gasteiger partial charge on any atom is -0.353 e. The van der Waals surface area contributed by atoms with Gasteiger partial charge in [0.25, 0.3) is 0 Å². The highest BCUT2D eigenvalue weighted by molar-refractivity contribution is 5.95. The second-order valence-electron chi connectivity index (χ2n) is 5.98. The summed E-state index contributed by atoms with van der Waals surface area (Å²) >= 11 is 0. The number of carbonyl (C=O) groups excluding carboxylic acids is 1. The average molecular weight is 304 g/mol. The van der Waals surface area contributed by atoms with E-state index in [2.05, 4.69) is 18.4 Å². The first kappa shape index (κ1) is 18.7. The van der Waals surface area contributed by atoms with E-state index < -0.39 is 0 Å². The fourth-order valence-corrected chi connectivity index (χ4v) is 2.07. The van der Waals surface area contributed by atoms with Crippen LogP contribution in [0.4, 0.5) is 0 Å². The molecule has 0 aromatic rings. The lowest BCUT2D eigenvalue weighted by atomic mass is 10.1. The van der Waals surface area contributed by atoms with Crippen LogP contribution in [-0.4, -0.2) is 24.8 Å². The molecule has 1 aliphatic rings. The van der Waals surface area contributed by atoms with Gasteiger partial charge in [-0.25, -0.2) is 0 Å². The molecule has 0 aromatic carbocycles. The van der Waals surface area contributed by atoms with E-state index in [4.69, 9.17) is 9.47 Å². The van der Waals surface area contributed by atoms with Crippen LogP contribution >= 0.6 is 0 Å². The fourth-order valence-electron chi connectivity index (χ4n) is 2.07. The van der Waals surface area contributed by atoms with Gasteiger partial charge in [-0.2, -0.15) is 0 Å². The monoisotopic (exact) mass is 304 g/mol. The van der Waals surface area contributed by atoms with Gasteiger partial charge >= 0.3 is 0 Å². The lowest BCUT2D eigenvalue weighted by Gasteiger charge is -2.27. The predicted octanol–water partition coefficient (Wildman–Crippen LogP) is 4.04. The van der Waals surface area contributed by atoms with Crippen molar-refractivity contribution in [1.29, 1.82) is 0 Å². The molecule has 0 N–H and O–H groups in total. The molecule has 1 aliphatic heterocycles. The molecule has 0 bridgehead atoms. The van der Waals surface area contributed by atoms with Crippen LogP contribution in [0.1, 0.15) is 52.9 Å². The van der Waals surface area contributed by atoms with Gasteiger partial charge in [-0.1, -0.05) is 44.1 Å². The van der Waals surface area contributed by atoms with Gasteiger partial charge in [0.1, 0.15) is 6.10 Å². The zero-order chi connectivity index (χ0) is 16.4. The molecule has 2 atom stereocenters. The molecule has 22 heavy (non-hydrogen) atoms. The van der Waals surface area contributed by atoms with Crippen LogP contribution in [0.25, 0.3) is 0 Å². The summed E-state index contributed by atoms with van der Waals surface area (Å²) in [5.41, 5.74) is 1.08. The van der Waals surface area contributed by atoms with Gasteiger partial charge in [0, 0.05) is 13.0 Å². The summed E-state index contributed by atoms with van der Waals surface area (Å²) in [6.07, 6.45) is 7.60. The summed E-state index contributed by atoms with van der Waals surface area (Å²) in [5, 5.41) is 0. The Balaban J connectivity index is 2.48. The highest BCUT2D eigenvalue weighted by atomic mass is 16.7. The maximum atomic E-state index is 11.8. The van der Waals surface area contributed by atoms with E-state index in [0.717, 1.165) is 31.4 Å². The molecule has 3 heteroatoms. The van der Waals surface area contributed by atoms with Crippen molar-refractivity contribution in [3.63, 3.8) is 0 Å². The summed E-state index contributed by atoms with van der Waals surface area (Å²) < 4.78 is 11.5. The number of rotatable bonds is 7. The zero-order valence-corrected chi connectivity index (χ0v) is 14.1. The first-order chi connectivity index (χ1) is 10.5. The van der Waals surface area contributed by atoms with E-state index in [-0.39, 0.29) is 24.1 Å². The molecule has 1 rings (SSSR count). The first-order valence-electron chi connectivity index (χ1n) is 8.13. The smallest absolute Gasteiger partial charge is 0.205 e. The molecule has 1 heterocycles.